The van der Waals surface area contributed by atoms with Crippen molar-refractivity contribution >= 4 is 17.8 Å². The van der Waals surface area contributed by atoms with Crippen LogP contribution in [0.3, 0.4) is 0 Å². The number of hydrogen-bond acceptors (Lipinski definition) is 3. The second-order valence-electron chi connectivity index (χ2n) is 5.20. The third kappa shape index (κ3) is 2.70. The van der Waals surface area contributed by atoms with Gasteiger partial charge in [0.05, 0.1) is 6.54 Å². The van der Waals surface area contributed by atoms with Gasteiger partial charge in [0.25, 0.3) is 0 Å². The van der Waals surface area contributed by atoms with Gasteiger partial charge < -0.3 is 0 Å². The minimum absolute atomic E-state index is 0.120. The molecule has 0 unspecified atom stereocenters. The van der Waals surface area contributed by atoms with Crippen LogP contribution < -0.4 is 5.32 Å². The van der Waals surface area contributed by atoms with Crippen LogP contribution >= 0.6 is 0 Å². The van der Waals surface area contributed by atoms with Gasteiger partial charge in [-0.1, -0.05) is 42.5 Å². The lowest BCUT2D eigenvalue weighted by molar-refractivity contribution is -0.151. The molecule has 1 heterocycles. The average molecular weight is 298 g/mol. The fraction of sp³-hybridized carbons (Fsp3) is 0.235. The Morgan fingerprint density at radius 1 is 1.05 bits per heavy atom. The Labute approximate surface area is 129 Å². The summed E-state index contributed by atoms with van der Waals surface area (Å²) in [7, 11) is 0. The zero-order valence-corrected chi connectivity index (χ0v) is 12.2. The van der Waals surface area contributed by atoms with Gasteiger partial charge in [-0.2, -0.15) is 0 Å². The molecule has 4 amide bonds. The predicted molar refractivity (Wildman–Crippen MR) is 82.6 cm³/mol. The number of imide groups is 2. The first-order valence-corrected chi connectivity index (χ1v) is 6.98. The molecule has 0 aromatic heterocycles. The largest absolute Gasteiger partial charge is 0.331 e. The molecule has 1 aliphatic rings. The predicted octanol–water partition coefficient (Wildman–Crippen LogP) is 2.40. The molecule has 2 rings (SSSR count). The summed E-state index contributed by atoms with van der Waals surface area (Å²) in [5.74, 6) is -1.10. The second-order valence-corrected chi connectivity index (χ2v) is 5.20. The number of carbonyl (C=O) groups excluding carboxylic acids is 3. The molecule has 0 aliphatic carbocycles. The lowest BCUT2D eigenvalue weighted by atomic mass is 9.77. The molecule has 0 bridgehead atoms. The Balaban J connectivity index is 2.36. The van der Waals surface area contributed by atoms with Crippen LogP contribution in [0, 0.1) is 5.41 Å². The maximum Gasteiger partial charge on any atom is 0.331 e. The first-order valence-electron chi connectivity index (χ1n) is 6.98. The molecule has 1 aromatic carbocycles. The monoisotopic (exact) mass is 298 g/mol. The minimum atomic E-state index is -1.34. The van der Waals surface area contributed by atoms with Gasteiger partial charge in [-0.25, -0.2) is 4.79 Å². The van der Waals surface area contributed by atoms with Crippen molar-refractivity contribution in [1.29, 1.82) is 0 Å². The molecule has 114 valence electrons. The van der Waals surface area contributed by atoms with Gasteiger partial charge in [-0.15, -0.1) is 13.2 Å². The van der Waals surface area contributed by atoms with Crippen LogP contribution in [0.4, 0.5) is 4.79 Å². The summed E-state index contributed by atoms with van der Waals surface area (Å²) in [4.78, 5) is 38.2. The highest BCUT2D eigenvalue weighted by atomic mass is 16.2. The average Bonchev–Trinajstić information content (AvgIpc) is 2.51. The molecule has 5 heteroatoms. The number of nitrogens with zero attached hydrogens (tertiary/aromatic N) is 1. The normalized spacial score (nSPS) is 17.1. The minimum Gasteiger partial charge on any atom is -0.277 e. The van der Waals surface area contributed by atoms with Crippen LogP contribution in [0.1, 0.15) is 18.4 Å². The number of benzene rings is 1. The Morgan fingerprint density at radius 2 is 1.64 bits per heavy atom. The van der Waals surface area contributed by atoms with E-state index in [-0.39, 0.29) is 19.4 Å². The summed E-state index contributed by atoms with van der Waals surface area (Å²) in [6, 6.07) is 8.45. The zero-order chi connectivity index (χ0) is 16.2. The van der Waals surface area contributed by atoms with E-state index >= 15 is 0 Å². The van der Waals surface area contributed by atoms with E-state index in [4.69, 9.17) is 0 Å². The standard InChI is InChI=1S/C17H18N2O3/c1-3-10-17(11-4-2)14(20)18-16(22)19(15(17)21)12-13-8-6-5-7-9-13/h3-9H,1-2,10-12H2,(H,18,20,22). The first kappa shape index (κ1) is 15.7. The van der Waals surface area contributed by atoms with Crippen molar-refractivity contribution in [3.8, 4) is 0 Å². The quantitative estimate of drug-likeness (QED) is 0.648. The molecule has 0 atom stereocenters. The first-order chi connectivity index (χ1) is 10.5. The summed E-state index contributed by atoms with van der Waals surface area (Å²) >= 11 is 0. The summed E-state index contributed by atoms with van der Waals surface area (Å²) in [6.07, 6.45) is 3.33. The summed E-state index contributed by atoms with van der Waals surface area (Å²) < 4.78 is 0. The van der Waals surface area contributed by atoms with E-state index in [1.807, 2.05) is 30.3 Å². The number of urea groups is 1. The summed E-state index contributed by atoms with van der Waals surface area (Å²) in [5, 5.41) is 2.27. The summed E-state index contributed by atoms with van der Waals surface area (Å²) in [5.41, 5.74) is -0.530. The van der Waals surface area contributed by atoms with E-state index in [2.05, 4.69) is 18.5 Å². The van der Waals surface area contributed by atoms with Gasteiger partial charge in [-0.05, 0) is 18.4 Å². The molecule has 1 aliphatic heterocycles. The number of nitrogens with one attached hydrogen (secondary N) is 1. The second kappa shape index (κ2) is 6.39. The third-order valence-corrected chi connectivity index (χ3v) is 3.72. The molecule has 1 aromatic rings. The van der Waals surface area contributed by atoms with E-state index < -0.39 is 23.3 Å². The number of rotatable bonds is 6. The van der Waals surface area contributed by atoms with Crippen molar-refractivity contribution < 1.29 is 14.4 Å². The van der Waals surface area contributed by atoms with Gasteiger partial charge in [-0.3, -0.25) is 19.8 Å². The third-order valence-electron chi connectivity index (χ3n) is 3.72. The highest BCUT2D eigenvalue weighted by molar-refractivity contribution is 6.19. The van der Waals surface area contributed by atoms with Crippen molar-refractivity contribution in [2.75, 3.05) is 0 Å². The number of allylic oxidation sites excluding steroid dienone is 2. The molecule has 1 saturated heterocycles. The molecule has 22 heavy (non-hydrogen) atoms. The fourth-order valence-corrected chi connectivity index (χ4v) is 2.58. The molecular formula is C17H18N2O3. The van der Waals surface area contributed by atoms with E-state index in [1.54, 1.807) is 0 Å². The van der Waals surface area contributed by atoms with Gasteiger partial charge in [0.1, 0.15) is 5.41 Å². The Bertz CT molecular complexity index is 612. The van der Waals surface area contributed by atoms with Crippen LogP contribution in [-0.2, 0) is 16.1 Å². The number of barbiturate groups is 1. The van der Waals surface area contributed by atoms with Crippen LogP contribution in [0.5, 0.6) is 0 Å². The molecule has 0 radical (unpaired) electrons. The van der Waals surface area contributed by atoms with Crippen molar-refractivity contribution in [2.24, 2.45) is 5.41 Å². The van der Waals surface area contributed by atoms with Crippen molar-refractivity contribution in [3.05, 3.63) is 61.2 Å². The highest BCUT2D eigenvalue weighted by Gasteiger charge is 2.52. The number of hydrogen-bond donors (Lipinski definition) is 1. The van der Waals surface area contributed by atoms with E-state index in [9.17, 15) is 14.4 Å². The fourth-order valence-electron chi connectivity index (χ4n) is 2.58. The molecule has 1 N–H and O–H groups in total. The van der Waals surface area contributed by atoms with Crippen LogP contribution in [0.2, 0.25) is 0 Å². The van der Waals surface area contributed by atoms with Crippen LogP contribution in [0.15, 0.2) is 55.6 Å². The summed E-state index contributed by atoms with van der Waals surface area (Å²) in [6.45, 7) is 7.34. The molecule has 5 nitrogen and oxygen atoms in total. The molecule has 1 fully saturated rings. The van der Waals surface area contributed by atoms with E-state index in [1.165, 1.54) is 12.2 Å². The lowest BCUT2D eigenvalue weighted by Crippen LogP contribution is -2.63. The molecule has 0 saturated carbocycles. The van der Waals surface area contributed by atoms with Gasteiger partial charge >= 0.3 is 6.03 Å². The van der Waals surface area contributed by atoms with Crippen molar-refractivity contribution in [1.82, 2.24) is 10.2 Å². The van der Waals surface area contributed by atoms with Gasteiger partial charge in [0, 0.05) is 0 Å². The molecule has 0 spiro atoms. The van der Waals surface area contributed by atoms with Crippen LogP contribution in [-0.4, -0.2) is 22.7 Å². The van der Waals surface area contributed by atoms with E-state index in [0.717, 1.165) is 10.5 Å². The topological polar surface area (TPSA) is 66.5 Å². The van der Waals surface area contributed by atoms with Gasteiger partial charge in [0.15, 0.2) is 0 Å². The van der Waals surface area contributed by atoms with Crippen LogP contribution in [0.25, 0.3) is 0 Å². The lowest BCUT2D eigenvalue weighted by Gasteiger charge is -2.38. The number of carbonyl (C=O) groups is 3. The van der Waals surface area contributed by atoms with Crippen molar-refractivity contribution in [3.63, 3.8) is 0 Å². The van der Waals surface area contributed by atoms with Crippen molar-refractivity contribution in [2.45, 2.75) is 19.4 Å². The molecular weight excluding hydrogens is 280 g/mol. The SMILES string of the molecule is C=CCC1(CC=C)C(=O)NC(=O)N(Cc2ccccc2)C1=O. The maximum atomic E-state index is 12.8. The van der Waals surface area contributed by atoms with Gasteiger partial charge in [0.2, 0.25) is 11.8 Å². The zero-order valence-electron chi connectivity index (χ0n) is 12.2. The maximum absolute atomic E-state index is 12.8. The number of amides is 4. The Morgan fingerprint density at radius 3 is 2.18 bits per heavy atom. The highest BCUT2D eigenvalue weighted by Crippen LogP contribution is 2.34. The smallest absolute Gasteiger partial charge is 0.277 e. The Hall–Kier alpha value is -2.69. The van der Waals surface area contributed by atoms with E-state index in [0.29, 0.717) is 0 Å². The Kier molecular flexibility index (Phi) is 4.56.